The summed E-state index contributed by atoms with van der Waals surface area (Å²) < 4.78 is 0. The maximum absolute atomic E-state index is 11.5. The smallest absolute Gasteiger partial charge is 0.314 e. The van der Waals surface area contributed by atoms with Gasteiger partial charge in [-0.15, -0.1) is 0 Å². The van der Waals surface area contributed by atoms with Crippen molar-refractivity contribution in [2.75, 3.05) is 0 Å². The van der Waals surface area contributed by atoms with E-state index in [1.165, 1.54) is 0 Å². The molecule has 0 aromatic heterocycles. The number of carbonyl (C=O) groups is 1. The van der Waals surface area contributed by atoms with Gasteiger partial charge in [-0.05, 0) is 42.9 Å². The van der Waals surface area contributed by atoms with Gasteiger partial charge in [0, 0.05) is 0 Å². The van der Waals surface area contributed by atoms with E-state index in [9.17, 15) is 15.0 Å². The average Bonchev–Trinajstić information content (AvgIpc) is 2.62. The highest BCUT2D eigenvalue weighted by Crippen LogP contribution is 2.44. The normalized spacial score (nSPS) is 29.2. The molecule has 1 aliphatic rings. The molecule has 0 amide bonds. The lowest BCUT2D eigenvalue weighted by molar-refractivity contribution is -0.143. The fourth-order valence-electron chi connectivity index (χ4n) is 2.68. The summed E-state index contributed by atoms with van der Waals surface area (Å²) in [6.45, 7) is 2.08. The highest BCUT2D eigenvalue weighted by atomic mass is 16.4. The summed E-state index contributed by atoms with van der Waals surface area (Å²) in [7, 11) is 0. The Labute approximate surface area is 94.7 Å². The van der Waals surface area contributed by atoms with E-state index in [1.54, 1.807) is 24.3 Å². The molecule has 1 aliphatic carbocycles. The Bertz CT molecular complexity index is 413. The predicted molar refractivity (Wildman–Crippen MR) is 60.4 cm³/mol. The molecular formula is C13H16O3. The third-order valence-electron chi connectivity index (χ3n) is 3.57. The van der Waals surface area contributed by atoms with E-state index in [0.717, 1.165) is 12.0 Å². The van der Waals surface area contributed by atoms with Crippen molar-refractivity contribution >= 4 is 5.97 Å². The SMILES string of the molecule is CC1CCC(C(=O)O)(c2cccc(O)c2)C1. The summed E-state index contributed by atoms with van der Waals surface area (Å²) in [6.07, 6.45) is 2.25. The van der Waals surface area contributed by atoms with Crippen LogP contribution in [0.15, 0.2) is 24.3 Å². The van der Waals surface area contributed by atoms with Gasteiger partial charge >= 0.3 is 5.97 Å². The maximum atomic E-state index is 11.5. The van der Waals surface area contributed by atoms with E-state index in [2.05, 4.69) is 6.92 Å². The first-order chi connectivity index (χ1) is 7.54. The van der Waals surface area contributed by atoms with Gasteiger partial charge in [0.2, 0.25) is 0 Å². The van der Waals surface area contributed by atoms with Gasteiger partial charge in [0.25, 0.3) is 0 Å². The zero-order valence-corrected chi connectivity index (χ0v) is 9.31. The Morgan fingerprint density at radius 1 is 1.50 bits per heavy atom. The van der Waals surface area contributed by atoms with Gasteiger partial charge in [0.15, 0.2) is 0 Å². The molecule has 0 spiro atoms. The van der Waals surface area contributed by atoms with Crippen molar-refractivity contribution in [3.05, 3.63) is 29.8 Å². The molecule has 0 bridgehead atoms. The number of phenols is 1. The van der Waals surface area contributed by atoms with Gasteiger partial charge in [-0.3, -0.25) is 4.79 Å². The van der Waals surface area contributed by atoms with Gasteiger partial charge in [0.1, 0.15) is 5.75 Å². The van der Waals surface area contributed by atoms with E-state index in [-0.39, 0.29) is 5.75 Å². The number of hydrogen-bond acceptors (Lipinski definition) is 2. The number of aromatic hydroxyl groups is 1. The van der Waals surface area contributed by atoms with Crippen LogP contribution in [-0.2, 0) is 10.2 Å². The lowest BCUT2D eigenvalue weighted by atomic mass is 9.78. The highest BCUT2D eigenvalue weighted by Gasteiger charge is 2.45. The van der Waals surface area contributed by atoms with Crippen molar-refractivity contribution < 1.29 is 15.0 Å². The molecule has 0 saturated heterocycles. The molecular weight excluding hydrogens is 204 g/mol. The third-order valence-corrected chi connectivity index (χ3v) is 3.57. The summed E-state index contributed by atoms with van der Waals surface area (Å²) in [5, 5.41) is 18.9. The van der Waals surface area contributed by atoms with Gasteiger partial charge in [0.05, 0.1) is 5.41 Å². The van der Waals surface area contributed by atoms with Crippen LogP contribution in [0, 0.1) is 5.92 Å². The first kappa shape index (κ1) is 11.0. The Kier molecular flexibility index (Phi) is 2.62. The van der Waals surface area contributed by atoms with Gasteiger partial charge < -0.3 is 10.2 Å². The van der Waals surface area contributed by atoms with Crippen molar-refractivity contribution in [3.8, 4) is 5.75 Å². The second kappa shape index (κ2) is 3.81. The number of rotatable bonds is 2. The van der Waals surface area contributed by atoms with Gasteiger partial charge in [-0.1, -0.05) is 19.1 Å². The largest absolute Gasteiger partial charge is 0.508 e. The maximum Gasteiger partial charge on any atom is 0.314 e. The van der Waals surface area contributed by atoms with E-state index < -0.39 is 11.4 Å². The molecule has 1 saturated carbocycles. The van der Waals surface area contributed by atoms with E-state index >= 15 is 0 Å². The lowest BCUT2D eigenvalue weighted by Crippen LogP contribution is -2.32. The molecule has 0 heterocycles. The van der Waals surface area contributed by atoms with Gasteiger partial charge in [-0.2, -0.15) is 0 Å². The number of benzene rings is 1. The van der Waals surface area contributed by atoms with Crippen molar-refractivity contribution in [2.45, 2.75) is 31.6 Å². The molecule has 3 nitrogen and oxygen atoms in total. The third kappa shape index (κ3) is 1.66. The monoisotopic (exact) mass is 220 g/mol. The van der Waals surface area contributed by atoms with Crippen molar-refractivity contribution in [2.24, 2.45) is 5.92 Å². The Balaban J connectivity index is 2.45. The molecule has 2 atom stereocenters. The van der Waals surface area contributed by atoms with Crippen LogP contribution in [0.4, 0.5) is 0 Å². The van der Waals surface area contributed by atoms with Crippen molar-refractivity contribution in [3.63, 3.8) is 0 Å². The van der Waals surface area contributed by atoms with Crippen LogP contribution in [0.5, 0.6) is 5.75 Å². The van der Waals surface area contributed by atoms with Crippen LogP contribution < -0.4 is 0 Å². The Hall–Kier alpha value is -1.51. The lowest BCUT2D eigenvalue weighted by Gasteiger charge is -2.24. The predicted octanol–water partition coefficient (Wildman–Crippen LogP) is 2.53. The first-order valence-electron chi connectivity index (χ1n) is 5.57. The summed E-state index contributed by atoms with van der Waals surface area (Å²) in [5.41, 5.74) is -0.0672. The number of carboxylic acid groups (broad SMARTS) is 1. The van der Waals surface area contributed by atoms with Crippen LogP contribution in [0.1, 0.15) is 31.7 Å². The van der Waals surface area contributed by atoms with Crippen molar-refractivity contribution in [1.29, 1.82) is 0 Å². The number of aliphatic carboxylic acids is 1. The molecule has 2 N–H and O–H groups in total. The molecule has 2 unspecified atom stereocenters. The Morgan fingerprint density at radius 3 is 2.75 bits per heavy atom. The summed E-state index contributed by atoms with van der Waals surface area (Å²) in [5.74, 6) is -0.210. The molecule has 0 radical (unpaired) electrons. The van der Waals surface area contributed by atoms with E-state index in [0.29, 0.717) is 18.8 Å². The van der Waals surface area contributed by atoms with Crippen LogP contribution in [0.25, 0.3) is 0 Å². The fraction of sp³-hybridized carbons (Fsp3) is 0.462. The zero-order valence-electron chi connectivity index (χ0n) is 9.31. The van der Waals surface area contributed by atoms with Crippen molar-refractivity contribution in [1.82, 2.24) is 0 Å². The van der Waals surface area contributed by atoms with Crippen LogP contribution in [0.2, 0.25) is 0 Å². The highest BCUT2D eigenvalue weighted by molar-refractivity contribution is 5.82. The van der Waals surface area contributed by atoms with Crippen LogP contribution in [-0.4, -0.2) is 16.2 Å². The molecule has 16 heavy (non-hydrogen) atoms. The molecule has 0 aliphatic heterocycles. The molecule has 2 rings (SSSR count). The minimum atomic E-state index is -0.793. The minimum absolute atomic E-state index is 0.137. The molecule has 1 fully saturated rings. The minimum Gasteiger partial charge on any atom is -0.508 e. The first-order valence-corrected chi connectivity index (χ1v) is 5.57. The summed E-state index contributed by atoms with van der Waals surface area (Å²) in [4.78, 5) is 11.5. The van der Waals surface area contributed by atoms with Crippen LogP contribution >= 0.6 is 0 Å². The second-order valence-electron chi connectivity index (χ2n) is 4.79. The van der Waals surface area contributed by atoms with E-state index in [4.69, 9.17) is 0 Å². The fourth-order valence-corrected chi connectivity index (χ4v) is 2.68. The van der Waals surface area contributed by atoms with Crippen LogP contribution in [0.3, 0.4) is 0 Å². The molecule has 3 heteroatoms. The van der Waals surface area contributed by atoms with Gasteiger partial charge in [-0.25, -0.2) is 0 Å². The van der Waals surface area contributed by atoms with E-state index in [1.807, 2.05) is 0 Å². The number of carboxylic acids is 1. The summed E-state index contributed by atoms with van der Waals surface area (Å²) in [6, 6.07) is 6.65. The number of phenolic OH excluding ortho intramolecular Hbond substituents is 1. The number of hydrogen-bond donors (Lipinski definition) is 2. The molecule has 86 valence electrons. The topological polar surface area (TPSA) is 57.5 Å². The quantitative estimate of drug-likeness (QED) is 0.805. The second-order valence-corrected chi connectivity index (χ2v) is 4.79. The molecule has 1 aromatic carbocycles. The summed E-state index contributed by atoms with van der Waals surface area (Å²) >= 11 is 0. The average molecular weight is 220 g/mol. The molecule has 1 aromatic rings. The zero-order chi connectivity index (χ0) is 11.8. The standard InChI is InChI=1S/C13H16O3/c1-9-5-6-13(8-9,12(15)16)10-3-2-4-11(14)7-10/h2-4,7,9,14H,5-6,8H2,1H3,(H,15,16). The Morgan fingerprint density at radius 2 is 2.25 bits per heavy atom.